The molecule has 0 amide bonds. The highest BCUT2D eigenvalue weighted by atomic mass is 28.2. The van der Waals surface area contributed by atoms with E-state index in [0.29, 0.717) is 9.12 Å². The Balaban J connectivity index is 2.65. The molecule has 0 aliphatic rings. The number of benzene rings is 1. The Kier molecular flexibility index (Phi) is 1.37. The molecule has 0 bridgehead atoms. The fourth-order valence-electron chi connectivity index (χ4n) is 1.83. The maximum absolute atomic E-state index is 3.14. The molecule has 0 aliphatic heterocycles. The molecule has 0 radical (unpaired) electrons. The lowest BCUT2D eigenvalue weighted by Crippen LogP contribution is -1.75. The summed E-state index contributed by atoms with van der Waals surface area (Å²) in [4.78, 5) is 4.66. The van der Waals surface area contributed by atoms with Crippen LogP contribution in [-0.2, 0) is 0 Å². The van der Waals surface area contributed by atoms with Crippen molar-refractivity contribution in [3.63, 3.8) is 0 Å². The van der Waals surface area contributed by atoms with E-state index < -0.39 is 0 Å². The van der Waals surface area contributed by atoms with Crippen molar-refractivity contribution in [2.24, 2.45) is 0 Å². The number of aromatic amines is 1. The SMILES string of the molecule is c1cc2ccc3[siH]ccc3c2c[nH]1. The van der Waals surface area contributed by atoms with Crippen molar-refractivity contribution < 1.29 is 0 Å². The minimum absolute atomic E-state index is 0.379. The summed E-state index contributed by atoms with van der Waals surface area (Å²) in [7, 11) is 0.379. The van der Waals surface area contributed by atoms with Crippen molar-refractivity contribution in [3.8, 4) is 0 Å². The van der Waals surface area contributed by atoms with Gasteiger partial charge in [-0.3, -0.25) is 0 Å². The van der Waals surface area contributed by atoms with Crippen molar-refractivity contribution in [3.05, 3.63) is 42.3 Å². The minimum Gasteiger partial charge on any atom is -0.367 e. The van der Waals surface area contributed by atoms with Gasteiger partial charge in [-0.25, -0.2) is 0 Å². The molecule has 0 aliphatic carbocycles. The second-order valence-electron chi connectivity index (χ2n) is 3.24. The van der Waals surface area contributed by atoms with E-state index >= 15 is 0 Å². The van der Waals surface area contributed by atoms with Crippen LogP contribution in [-0.4, -0.2) is 14.1 Å². The van der Waals surface area contributed by atoms with E-state index in [4.69, 9.17) is 0 Å². The van der Waals surface area contributed by atoms with Gasteiger partial charge in [-0.15, -0.1) is 0 Å². The molecule has 0 spiro atoms. The zero-order chi connectivity index (χ0) is 8.67. The number of hydrogen-bond donors (Lipinski definition) is 1. The van der Waals surface area contributed by atoms with Gasteiger partial charge in [-0.2, -0.15) is 0 Å². The average molecular weight is 183 g/mol. The van der Waals surface area contributed by atoms with E-state index in [1.54, 1.807) is 0 Å². The second kappa shape index (κ2) is 2.54. The highest BCUT2D eigenvalue weighted by molar-refractivity contribution is 6.49. The monoisotopic (exact) mass is 183 g/mol. The molecule has 1 aromatic carbocycles. The van der Waals surface area contributed by atoms with E-state index in [1.165, 1.54) is 21.2 Å². The highest BCUT2D eigenvalue weighted by Crippen LogP contribution is 2.22. The Labute approximate surface area is 78.1 Å². The molecule has 62 valence electrons. The van der Waals surface area contributed by atoms with E-state index in [0.717, 1.165) is 0 Å². The molecular formula is C11H9NSi. The lowest BCUT2D eigenvalue weighted by molar-refractivity contribution is 1.37. The predicted molar refractivity (Wildman–Crippen MR) is 58.5 cm³/mol. The van der Waals surface area contributed by atoms with Gasteiger partial charge in [-0.1, -0.05) is 23.9 Å². The Morgan fingerprint density at radius 3 is 3.00 bits per heavy atom. The highest BCUT2D eigenvalue weighted by Gasteiger charge is 1.98. The molecular weight excluding hydrogens is 174 g/mol. The summed E-state index contributed by atoms with van der Waals surface area (Å²) >= 11 is 0. The number of H-pyrrole nitrogens is 1. The van der Waals surface area contributed by atoms with Crippen LogP contribution in [0.1, 0.15) is 0 Å². The molecule has 3 aromatic rings. The minimum atomic E-state index is 0.379. The van der Waals surface area contributed by atoms with Crippen molar-refractivity contribution in [2.45, 2.75) is 0 Å². The zero-order valence-corrected chi connectivity index (χ0v) is 8.27. The van der Waals surface area contributed by atoms with Gasteiger partial charge in [0.25, 0.3) is 0 Å². The molecule has 0 atom stereocenters. The van der Waals surface area contributed by atoms with E-state index in [-0.39, 0.29) is 0 Å². The summed E-state index contributed by atoms with van der Waals surface area (Å²) < 4.78 is 0. The quantitative estimate of drug-likeness (QED) is 0.515. The Morgan fingerprint density at radius 1 is 1.00 bits per heavy atom. The lowest BCUT2D eigenvalue weighted by Gasteiger charge is -1.98. The number of rotatable bonds is 0. The lowest BCUT2D eigenvalue weighted by atomic mass is 10.1. The summed E-state index contributed by atoms with van der Waals surface area (Å²) in [6, 6.07) is 8.84. The average Bonchev–Trinajstić information content (AvgIpc) is 2.65. The van der Waals surface area contributed by atoms with Crippen molar-refractivity contribution in [1.82, 2.24) is 4.98 Å². The van der Waals surface area contributed by atoms with Crippen LogP contribution >= 0.6 is 0 Å². The van der Waals surface area contributed by atoms with Crippen molar-refractivity contribution in [2.75, 3.05) is 0 Å². The third-order valence-corrected chi connectivity index (χ3v) is 3.73. The van der Waals surface area contributed by atoms with Gasteiger partial charge in [0.15, 0.2) is 0 Å². The van der Waals surface area contributed by atoms with Gasteiger partial charge in [0.2, 0.25) is 0 Å². The smallest absolute Gasteiger partial charge is 0.0301 e. The molecule has 3 rings (SSSR count). The van der Waals surface area contributed by atoms with Crippen LogP contribution in [0.3, 0.4) is 0 Å². The number of nitrogens with one attached hydrogen (secondary N) is 1. The molecule has 2 aromatic heterocycles. The summed E-state index contributed by atoms with van der Waals surface area (Å²) in [5, 5.41) is 4.09. The first kappa shape index (κ1) is 7.03. The third-order valence-electron chi connectivity index (χ3n) is 2.48. The first-order valence-electron chi connectivity index (χ1n) is 4.39. The van der Waals surface area contributed by atoms with E-state index in [9.17, 15) is 0 Å². The second-order valence-corrected chi connectivity index (χ2v) is 4.58. The molecule has 2 heterocycles. The molecule has 0 fully saturated rings. The molecule has 0 unspecified atom stereocenters. The maximum Gasteiger partial charge on any atom is 0.0301 e. The Morgan fingerprint density at radius 2 is 2.00 bits per heavy atom. The zero-order valence-electron chi connectivity index (χ0n) is 7.12. The summed E-state index contributed by atoms with van der Waals surface area (Å²) in [6.07, 6.45) is 4.06. The topological polar surface area (TPSA) is 15.8 Å². The maximum atomic E-state index is 3.14. The predicted octanol–water partition coefficient (Wildman–Crippen LogP) is 2.39. The normalized spacial score (nSPS) is 11.1. The van der Waals surface area contributed by atoms with Gasteiger partial charge in [-0.05, 0) is 21.8 Å². The van der Waals surface area contributed by atoms with Crippen LogP contribution in [0, 0.1) is 0 Å². The van der Waals surface area contributed by atoms with E-state index in [1.807, 2.05) is 6.20 Å². The summed E-state index contributed by atoms with van der Waals surface area (Å²) in [5.74, 6) is 0. The Hall–Kier alpha value is -1.41. The fourth-order valence-corrected chi connectivity index (χ4v) is 2.96. The van der Waals surface area contributed by atoms with Crippen molar-refractivity contribution >= 4 is 30.3 Å². The molecule has 1 N–H and O–H groups in total. The van der Waals surface area contributed by atoms with Crippen LogP contribution < -0.4 is 0 Å². The van der Waals surface area contributed by atoms with Crippen LogP contribution in [0.25, 0.3) is 21.2 Å². The fraction of sp³-hybridized carbons (Fsp3) is 0. The van der Waals surface area contributed by atoms with Crippen LogP contribution in [0.4, 0.5) is 0 Å². The largest absolute Gasteiger partial charge is 0.367 e. The number of fused-ring (bicyclic) bond motifs is 3. The molecule has 0 saturated carbocycles. The van der Waals surface area contributed by atoms with E-state index in [2.05, 4.69) is 41.1 Å². The van der Waals surface area contributed by atoms with Crippen LogP contribution in [0.5, 0.6) is 0 Å². The first-order chi connectivity index (χ1) is 6.45. The Bertz CT molecular complexity index is 568. The van der Waals surface area contributed by atoms with Gasteiger partial charge in [0.1, 0.15) is 0 Å². The number of aromatic nitrogens is 1. The van der Waals surface area contributed by atoms with Crippen molar-refractivity contribution in [1.29, 1.82) is 0 Å². The van der Waals surface area contributed by atoms with Gasteiger partial charge in [0, 0.05) is 26.9 Å². The third kappa shape index (κ3) is 0.955. The van der Waals surface area contributed by atoms with Gasteiger partial charge >= 0.3 is 0 Å². The van der Waals surface area contributed by atoms with Gasteiger partial charge < -0.3 is 4.98 Å². The van der Waals surface area contributed by atoms with Crippen LogP contribution in [0.2, 0.25) is 0 Å². The molecule has 2 heteroatoms. The molecule has 13 heavy (non-hydrogen) atoms. The molecule has 0 saturated heterocycles. The first-order valence-corrected chi connectivity index (χ1v) is 5.64. The van der Waals surface area contributed by atoms with Gasteiger partial charge in [0.05, 0.1) is 0 Å². The number of pyridine rings is 1. The summed E-state index contributed by atoms with van der Waals surface area (Å²) in [6.45, 7) is 0. The van der Waals surface area contributed by atoms with Crippen LogP contribution in [0.15, 0.2) is 42.3 Å². The standard InChI is InChI=1S/C11H9NSi/c1-2-11-9(4-6-13-11)10-7-12-5-3-8(1)10/h1-7,12-13H. The number of hydrogen-bond acceptors (Lipinski definition) is 0. The molecule has 1 nitrogen and oxygen atoms in total. The summed E-state index contributed by atoms with van der Waals surface area (Å²) in [5.41, 5.74) is 2.30.